The lowest BCUT2D eigenvalue weighted by Gasteiger charge is -2.22. The molecule has 6 nitrogen and oxygen atoms in total. The average molecular weight is 428 g/mol. The van der Waals surface area contributed by atoms with Gasteiger partial charge in [0.1, 0.15) is 6.07 Å². The van der Waals surface area contributed by atoms with Crippen molar-refractivity contribution in [3.05, 3.63) is 78.3 Å². The second kappa shape index (κ2) is 9.45. The number of nitrogens with zero attached hydrogens (tertiary/aromatic N) is 4. The fraction of sp³-hybridized carbons (Fsp3) is 0.167. The van der Waals surface area contributed by atoms with Gasteiger partial charge in [-0.3, -0.25) is 4.79 Å². The number of benzene rings is 2. The molecule has 1 aliphatic rings. The molecule has 2 heterocycles. The number of carbonyl (C=O) groups is 1. The van der Waals surface area contributed by atoms with Crippen LogP contribution in [0, 0.1) is 11.3 Å². The molecular weight excluding hydrogens is 406 g/mol. The van der Waals surface area contributed by atoms with Crippen LogP contribution in [-0.4, -0.2) is 22.4 Å². The lowest BCUT2D eigenvalue weighted by molar-refractivity contribution is 0.0987. The van der Waals surface area contributed by atoms with Crippen LogP contribution in [0.2, 0.25) is 0 Å². The normalized spacial score (nSPS) is 12.8. The molecule has 31 heavy (non-hydrogen) atoms. The molecule has 0 atom stereocenters. The highest BCUT2D eigenvalue weighted by atomic mass is 32.2. The predicted molar refractivity (Wildman–Crippen MR) is 123 cm³/mol. The van der Waals surface area contributed by atoms with Crippen molar-refractivity contribution in [2.75, 3.05) is 16.8 Å². The molecule has 0 aliphatic carbocycles. The van der Waals surface area contributed by atoms with Crippen LogP contribution < -0.4 is 10.2 Å². The van der Waals surface area contributed by atoms with Crippen molar-refractivity contribution in [1.29, 1.82) is 5.26 Å². The molecule has 7 heteroatoms. The Morgan fingerprint density at radius 2 is 1.97 bits per heavy atom. The molecule has 2 aromatic carbocycles. The number of amides is 1. The van der Waals surface area contributed by atoms with Gasteiger partial charge in [-0.1, -0.05) is 49.4 Å². The number of rotatable bonds is 6. The van der Waals surface area contributed by atoms with Gasteiger partial charge in [0.05, 0.1) is 11.3 Å². The molecule has 0 bridgehead atoms. The second-order valence-corrected chi connectivity index (χ2v) is 8.03. The van der Waals surface area contributed by atoms with Gasteiger partial charge in [0.15, 0.2) is 11.5 Å². The molecule has 154 valence electrons. The highest BCUT2D eigenvalue weighted by Gasteiger charge is 2.26. The third-order valence-electron chi connectivity index (χ3n) is 4.81. The Bertz CT molecular complexity index is 1180. The maximum Gasteiger partial charge on any atom is 0.259 e. The van der Waals surface area contributed by atoms with Crippen LogP contribution in [0.15, 0.2) is 76.8 Å². The summed E-state index contributed by atoms with van der Waals surface area (Å²) in [6.07, 6.45) is 9.26. The zero-order valence-corrected chi connectivity index (χ0v) is 17.9. The molecule has 1 aliphatic heterocycles. The molecule has 4 rings (SSSR count). The first-order valence-electron chi connectivity index (χ1n) is 10.1. The van der Waals surface area contributed by atoms with Crippen LogP contribution in [0.25, 0.3) is 0 Å². The van der Waals surface area contributed by atoms with Gasteiger partial charge in [0.2, 0.25) is 0 Å². The summed E-state index contributed by atoms with van der Waals surface area (Å²) in [4.78, 5) is 25.3. The molecule has 0 saturated heterocycles. The molecule has 0 spiro atoms. The summed E-state index contributed by atoms with van der Waals surface area (Å²) in [5.41, 5.74) is 2.56. The highest BCUT2D eigenvalue weighted by molar-refractivity contribution is 7.99. The Morgan fingerprint density at radius 1 is 1.13 bits per heavy atom. The molecule has 1 N–H and O–H groups in total. The van der Waals surface area contributed by atoms with Gasteiger partial charge in [0, 0.05) is 34.4 Å². The standard InChI is InChI=1S/C24H21N5OS/c1-2-3-4-7-14-29-20-11-10-17(28-23-19(16-25)26-12-13-27-23)15-22(20)31-21-9-6-5-8-18(21)24(29)30/h4-13,15H,2-3,14H2,1H3,(H,27,28)/b7-4+. The lowest BCUT2D eigenvalue weighted by Crippen LogP contribution is -2.31. The Hall–Kier alpha value is -3.63. The minimum atomic E-state index is -0.00981. The Morgan fingerprint density at radius 3 is 2.81 bits per heavy atom. The summed E-state index contributed by atoms with van der Waals surface area (Å²) in [6.45, 7) is 2.64. The predicted octanol–water partition coefficient (Wildman–Crippen LogP) is 5.56. The first-order chi connectivity index (χ1) is 15.2. The monoisotopic (exact) mass is 427 g/mol. The molecular formula is C24H21N5OS. The summed E-state index contributed by atoms with van der Waals surface area (Å²) in [7, 11) is 0. The fourth-order valence-electron chi connectivity index (χ4n) is 3.30. The summed E-state index contributed by atoms with van der Waals surface area (Å²) in [5.74, 6) is 0.392. The number of hydrogen-bond donors (Lipinski definition) is 1. The first-order valence-corrected chi connectivity index (χ1v) is 10.9. The molecule has 0 saturated carbocycles. The topological polar surface area (TPSA) is 81.9 Å². The number of hydrogen-bond acceptors (Lipinski definition) is 6. The third kappa shape index (κ3) is 4.44. The van der Waals surface area contributed by atoms with Crippen LogP contribution in [-0.2, 0) is 0 Å². The van der Waals surface area contributed by atoms with Gasteiger partial charge in [0.25, 0.3) is 5.91 Å². The van der Waals surface area contributed by atoms with Gasteiger partial charge in [-0.15, -0.1) is 0 Å². The van der Waals surface area contributed by atoms with Crippen LogP contribution in [0.1, 0.15) is 35.8 Å². The van der Waals surface area contributed by atoms with Gasteiger partial charge in [-0.2, -0.15) is 5.26 Å². The SMILES string of the molecule is CCC/C=C/CN1C(=O)c2ccccc2Sc2cc(Nc3nccnc3C#N)ccc21. The number of allylic oxidation sites excluding steroid dienone is 1. The Kier molecular flexibility index (Phi) is 6.29. The largest absolute Gasteiger partial charge is 0.338 e. The number of carbonyl (C=O) groups excluding carboxylic acids is 1. The van der Waals surface area contributed by atoms with E-state index in [0.717, 1.165) is 34.0 Å². The number of aromatic nitrogens is 2. The molecule has 3 aromatic rings. The zero-order valence-electron chi connectivity index (χ0n) is 17.1. The van der Waals surface area contributed by atoms with Gasteiger partial charge >= 0.3 is 0 Å². The first kappa shape index (κ1) is 20.6. The number of unbranched alkanes of at least 4 members (excludes halogenated alkanes) is 1. The smallest absolute Gasteiger partial charge is 0.259 e. The number of nitrogens with one attached hydrogen (secondary N) is 1. The van der Waals surface area contributed by atoms with Crippen LogP contribution >= 0.6 is 11.8 Å². The van der Waals surface area contributed by atoms with Crippen LogP contribution in [0.4, 0.5) is 17.2 Å². The molecule has 1 amide bonds. The molecule has 0 unspecified atom stereocenters. The Labute approximate surface area is 185 Å². The lowest BCUT2D eigenvalue weighted by atomic mass is 10.1. The van der Waals surface area contributed by atoms with E-state index in [2.05, 4.69) is 34.4 Å². The third-order valence-corrected chi connectivity index (χ3v) is 5.93. The summed E-state index contributed by atoms with van der Waals surface area (Å²) >= 11 is 1.56. The number of anilines is 3. The minimum absolute atomic E-state index is 0.00981. The summed E-state index contributed by atoms with van der Waals surface area (Å²) in [5, 5.41) is 12.4. The number of fused-ring (bicyclic) bond motifs is 2. The Balaban J connectivity index is 1.73. The van der Waals surface area contributed by atoms with Gasteiger partial charge in [-0.25, -0.2) is 9.97 Å². The van der Waals surface area contributed by atoms with Gasteiger partial charge < -0.3 is 10.2 Å². The van der Waals surface area contributed by atoms with Crippen molar-refractivity contribution in [2.45, 2.75) is 29.6 Å². The molecule has 0 radical (unpaired) electrons. The van der Waals surface area contributed by atoms with Gasteiger partial charge in [-0.05, 0) is 36.8 Å². The van der Waals surface area contributed by atoms with E-state index in [1.54, 1.807) is 18.0 Å². The zero-order chi connectivity index (χ0) is 21.6. The van der Waals surface area contributed by atoms with E-state index in [-0.39, 0.29) is 11.6 Å². The summed E-state index contributed by atoms with van der Waals surface area (Å²) in [6, 6.07) is 15.5. The van der Waals surface area contributed by atoms with E-state index in [1.165, 1.54) is 6.20 Å². The number of nitriles is 1. The van der Waals surface area contributed by atoms with E-state index in [4.69, 9.17) is 0 Å². The van der Waals surface area contributed by atoms with Crippen molar-refractivity contribution in [2.24, 2.45) is 0 Å². The van der Waals surface area contributed by atoms with Crippen molar-refractivity contribution in [3.63, 3.8) is 0 Å². The van der Waals surface area contributed by atoms with Crippen molar-refractivity contribution >= 4 is 34.9 Å². The molecule has 1 aromatic heterocycles. The van der Waals surface area contributed by atoms with E-state index in [0.29, 0.717) is 17.9 Å². The quantitative estimate of drug-likeness (QED) is 0.519. The average Bonchev–Trinajstić information content (AvgIpc) is 2.91. The van der Waals surface area contributed by atoms with E-state index >= 15 is 0 Å². The highest BCUT2D eigenvalue weighted by Crippen LogP contribution is 2.42. The van der Waals surface area contributed by atoms with E-state index < -0.39 is 0 Å². The van der Waals surface area contributed by atoms with Crippen molar-refractivity contribution < 1.29 is 4.79 Å². The molecule has 0 fully saturated rings. The van der Waals surface area contributed by atoms with Crippen molar-refractivity contribution in [3.8, 4) is 6.07 Å². The second-order valence-electron chi connectivity index (χ2n) is 6.95. The maximum absolute atomic E-state index is 13.3. The van der Waals surface area contributed by atoms with E-state index in [9.17, 15) is 10.1 Å². The summed E-state index contributed by atoms with van der Waals surface area (Å²) < 4.78 is 0. The van der Waals surface area contributed by atoms with Crippen molar-refractivity contribution in [1.82, 2.24) is 9.97 Å². The minimum Gasteiger partial charge on any atom is -0.338 e. The van der Waals surface area contributed by atoms with E-state index in [1.807, 2.05) is 53.4 Å². The fourth-order valence-corrected chi connectivity index (χ4v) is 4.41. The van der Waals surface area contributed by atoms with Crippen LogP contribution in [0.3, 0.4) is 0 Å². The van der Waals surface area contributed by atoms with Crippen LogP contribution in [0.5, 0.6) is 0 Å². The maximum atomic E-state index is 13.3.